The molecule has 0 aliphatic carbocycles. The molecule has 1 aromatic carbocycles. The van der Waals surface area contributed by atoms with Crippen molar-refractivity contribution >= 4 is 0 Å². The van der Waals surface area contributed by atoms with Crippen LogP contribution in [-0.4, -0.2) is 5.21 Å². The van der Waals surface area contributed by atoms with Gasteiger partial charge in [0, 0.05) is 5.56 Å². The van der Waals surface area contributed by atoms with Crippen LogP contribution in [0.5, 0.6) is 0 Å². The van der Waals surface area contributed by atoms with Crippen LogP contribution >= 0.6 is 0 Å². The van der Waals surface area contributed by atoms with Crippen LogP contribution < -0.4 is 5.48 Å². The monoisotopic (exact) mass is 155 g/mol. The summed E-state index contributed by atoms with van der Waals surface area (Å²) in [6, 6.07) is 5.97. The van der Waals surface area contributed by atoms with E-state index in [0.29, 0.717) is 5.56 Å². The molecule has 60 valence electrons. The highest BCUT2D eigenvalue weighted by Crippen LogP contribution is 2.14. The third-order valence-corrected chi connectivity index (χ3v) is 1.57. The molecule has 0 saturated carbocycles. The summed E-state index contributed by atoms with van der Waals surface area (Å²) in [4.78, 5) is 0. The van der Waals surface area contributed by atoms with Gasteiger partial charge in [-0.25, -0.2) is 4.39 Å². The van der Waals surface area contributed by atoms with E-state index in [9.17, 15) is 4.39 Å². The van der Waals surface area contributed by atoms with Crippen molar-refractivity contribution in [3.63, 3.8) is 0 Å². The van der Waals surface area contributed by atoms with Gasteiger partial charge in [-0.15, -0.1) is 0 Å². The average molecular weight is 155 g/mol. The Morgan fingerprint density at radius 3 is 2.64 bits per heavy atom. The van der Waals surface area contributed by atoms with Crippen LogP contribution in [0.4, 0.5) is 4.39 Å². The zero-order chi connectivity index (χ0) is 8.27. The smallest absolute Gasteiger partial charge is 0.128 e. The average Bonchev–Trinajstić information content (AvgIpc) is 2.04. The predicted octanol–water partition coefficient (Wildman–Crippen LogP) is 1.87. The summed E-state index contributed by atoms with van der Waals surface area (Å²) < 4.78 is 12.9. The van der Waals surface area contributed by atoms with Gasteiger partial charge in [0.1, 0.15) is 5.82 Å². The van der Waals surface area contributed by atoms with Crippen LogP contribution in [0, 0.1) is 5.82 Å². The van der Waals surface area contributed by atoms with Crippen molar-refractivity contribution in [1.29, 1.82) is 0 Å². The van der Waals surface area contributed by atoms with Crippen LogP contribution in [0.3, 0.4) is 0 Å². The van der Waals surface area contributed by atoms with E-state index in [1.165, 1.54) is 6.07 Å². The van der Waals surface area contributed by atoms with Crippen molar-refractivity contribution in [3.05, 3.63) is 35.6 Å². The molecule has 0 amide bonds. The lowest BCUT2D eigenvalue weighted by molar-refractivity contribution is 0.132. The second kappa shape index (κ2) is 3.46. The molecule has 1 aromatic rings. The van der Waals surface area contributed by atoms with E-state index in [-0.39, 0.29) is 11.9 Å². The molecule has 0 aromatic heterocycles. The quantitative estimate of drug-likeness (QED) is 0.639. The largest absolute Gasteiger partial charge is 0.316 e. The number of hydrogen-bond acceptors (Lipinski definition) is 2. The minimum absolute atomic E-state index is 0.304. The Morgan fingerprint density at radius 2 is 2.09 bits per heavy atom. The first-order valence-electron chi connectivity index (χ1n) is 3.39. The summed E-state index contributed by atoms with van der Waals surface area (Å²) in [7, 11) is 0. The molecule has 0 aliphatic rings. The van der Waals surface area contributed by atoms with Crippen molar-refractivity contribution in [1.82, 2.24) is 5.48 Å². The van der Waals surface area contributed by atoms with Crippen molar-refractivity contribution in [2.24, 2.45) is 0 Å². The second-order valence-corrected chi connectivity index (χ2v) is 2.37. The molecule has 0 saturated heterocycles. The van der Waals surface area contributed by atoms with Crippen LogP contribution in [-0.2, 0) is 0 Å². The van der Waals surface area contributed by atoms with Gasteiger partial charge in [-0.2, -0.15) is 5.48 Å². The topological polar surface area (TPSA) is 32.3 Å². The number of hydroxylamine groups is 1. The van der Waals surface area contributed by atoms with Crippen LogP contribution in [0.2, 0.25) is 0 Å². The number of halogens is 1. The van der Waals surface area contributed by atoms with Crippen molar-refractivity contribution < 1.29 is 9.60 Å². The number of nitrogens with one attached hydrogen (secondary N) is 1. The number of hydrogen-bond donors (Lipinski definition) is 2. The first kappa shape index (κ1) is 8.17. The highest BCUT2D eigenvalue weighted by atomic mass is 19.1. The van der Waals surface area contributed by atoms with Gasteiger partial charge in [-0.3, -0.25) is 0 Å². The molecular weight excluding hydrogens is 145 g/mol. The lowest BCUT2D eigenvalue weighted by atomic mass is 10.1. The van der Waals surface area contributed by atoms with Crippen LogP contribution in [0.15, 0.2) is 24.3 Å². The van der Waals surface area contributed by atoms with E-state index in [2.05, 4.69) is 0 Å². The zero-order valence-electron chi connectivity index (χ0n) is 6.21. The van der Waals surface area contributed by atoms with E-state index < -0.39 is 0 Å². The number of rotatable bonds is 2. The first-order chi connectivity index (χ1) is 5.25. The summed E-state index contributed by atoms with van der Waals surface area (Å²) in [5.41, 5.74) is 2.45. The summed E-state index contributed by atoms with van der Waals surface area (Å²) in [6.45, 7) is 1.68. The molecule has 3 heteroatoms. The van der Waals surface area contributed by atoms with Crippen LogP contribution in [0.25, 0.3) is 0 Å². The molecule has 1 atom stereocenters. The molecule has 0 radical (unpaired) electrons. The molecule has 0 unspecified atom stereocenters. The standard InChI is InChI=1S/C8H10FNO/c1-6(10-11)7-4-2-3-5-8(7)9/h2-6,10-11H,1H3/t6-/m0/s1. The normalized spacial score (nSPS) is 13.0. The fraction of sp³-hybridized carbons (Fsp3) is 0.250. The molecule has 2 N–H and O–H groups in total. The Balaban J connectivity index is 2.93. The van der Waals surface area contributed by atoms with Gasteiger partial charge in [-0.05, 0) is 13.0 Å². The van der Waals surface area contributed by atoms with Gasteiger partial charge >= 0.3 is 0 Å². The van der Waals surface area contributed by atoms with Crippen molar-refractivity contribution in [2.75, 3.05) is 0 Å². The van der Waals surface area contributed by atoms with Gasteiger partial charge in [0.25, 0.3) is 0 Å². The maximum atomic E-state index is 12.9. The number of benzene rings is 1. The summed E-state index contributed by atoms with van der Waals surface area (Å²) in [6.07, 6.45) is 0. The van der Waals surface area contributed by atoms with Gasteiger partial charge in [0.05, 0.1) is 6.04 Å². The van der Waals surface area contributed by atoms with E-state index in [1.807, 2.05) is 5.48 Å². The third-order valence-electron chi connectivity index (χ3n) is 1.57. The molecule has 0 heterocycles. The lowest BCUT2D eigenvalue weighted by Gasteiger charge is -2.09. The first-order valence-corrected chi connectivity index (χ1v) is 3.39. The Labute approximate surface area is 64.6 Å². The third kappa shape index (κ3) is 1.76. The van der Waals surface area contributed by atoms with E-state index >= 15 is 0 Å². The zero-order valence-corrected chi connectivity index (χ0v) is 6.21. The highest BCUT2D eigenvalue weighted by molar-refractivity contribution is 5.19. The van der Waals surface area contributed by atoms with E-state index in [4.69, 9.17) is 5.21 Å². The molecule has 0 fully saturated rings. The fourth-order valence-electron chi connectivity index (χ4n) is 0.896. The molecule has 11 heavy (non-hydrogen) atoms. The molecular formula is C8H10FNO. The summed E-state index contributed by atoms with van der Waals surface area (Å²) >= 11 is 0. The van der Waals surface area contributed by atoms with E-state index in [1.54, 1.807) is 25.1 Å². The van der Waals surface area contributed by atoms with Gasteiger partial charge < -0.3 is 5.21 Å². The Hall–Kier alpha value is -0.930. The van der Waals surface area contributed by atoms with Crippen molar-refractivity contribution in [2.45, 2.75) is 13.0 Å². The molecule has 1 rings (SSSR count). The van der Waals surface area contributed by atoms with Crippen LogP contribution in [0.1, 0.15) is 18.5 Å². The second-order valence-electron chi connectivity index (χ2n) is 2.37. The highest BCUT2D eigenvalue weighted by Gasteiger charge is 2.07. The van der Waals surface area contributed by atoms with Gasteiger partial charge in [0.15, 0.2) is 0 Å². The maximum absolute atomic E-state index is 12.9. The SMILES string of the molecule is C[C@H](NO)c1ccccc1F. The molecule has 0 spiro atoms. The summed E-state index contributed by atoms with van der Waals surface area (Å²) in [5, 5.41) is 8.50. The van der Waals surface area contributed by atoms with E-state index in [0.717, 1.165) is 0 Å². The van der Waals surface area contributed by atoms with Gasteiger partial charge in [0.2, 0.25) is 0 Å². The predicted molar refractivity (Wildman–Crippen MR) is 39.7 cm³/mol. The Morgan fingerprint density at radius 1 is 1.45 bits per heavy atom. The molecule has 2 nitrogen and oxygen atoms in total. The fourth-order valence-corrected chi connectivity index (χ4v) is 0.896. The minimum atomic E-state index is -0.365. The summed E-state index contributed by atoms with van der Waals surface area (Å²) in [5.74, 6) is -0.304. The van der Waals surface area contributed by atoms with Crippen molar-refractivity contribution in [3.8, 4) is 0 Å². The Kier molecular flexibility index (Phi) is 2.57. The van der Waals surface area contributed by atoms with Gasteiger partial charge in [-0.1, -0.05) is 18.2 Å². The minimum Gasteiger partial charge on any atom is -0.316 e. The maximum Gasteiger partial charge on any atom is 0.128 e. The Bertz CT molecular complexity index is 239. The lowest BCUT2D eigenvalue weighted by Crippen LogP contribution is -2.14. The molecule has 0 aliphatic heterocycles. The molecule has 0 bridgehead atoms.